The van der Waals surface area contributed by atoms with Crippen molar-refractivity contribution in [3.63, 3.8) is 0 Å². The van der Waals surface area contributed by atoms with E-state index in [1.165, 1.54) is 0 Å². The van der Waals surface area contributed by atoms with E-state index in [0.29, 0.717) is 32.1 Å². The fourth-order valence-electron chi connectivity index (χ4n) is 3.27. The normalized spacial score (nSPS) is 29.5. The summed E-state index contributed by atoms with van der Waals surface area (Å²) >= 11 is 0. The molecule has 2 N–H and O–H groups in total. The second-order valence-corrected chi connectivity index (χ2v) is 9.05. The summed E-state index contributed by atoms with van der Waals surface area (Å²) in [7, 11) is -2.95. The lowest BCUT2D eigenvalue weighted by Crippen LogP contribution is -2.61. The van der Waals surface area contributed by atoms with E-state index in [1.807, 2.05) is 4.90 Å². The lowest BCUT2D eigenvalue weighted by molar-refractivity contribution is -0.147. The van der Waals surface area contributed by atoms with Gasteiger partial charge >= 0.3 is 5.97 Å². The van der Waals surface area contributed by atoms with Crippen LogP contribution in [0.2, 0.25) is 0 Å². The van der Waals surface area contributed by atoms with Crippen molar-refractivity contribution in [2.75, 3.05) is 31.1 Å². The van der Waals surface area contributed by atoms with Gasteiger partial charge in [-0.15, -0.1) is 0 Å². The summed E-state index contributed by atoms with van der Waals surface area (Å²) in [6, 6.07) is 0.331. The van der Waals surface area contributed by atoms with Crippen LogP contribution in [0, 0.1) is 5.92 Å². The number of carboxylic acids is 1. The molecule has 2 aliphatic carbocycles. The molecule has 7 heteroatoms. The molecule has 0 spiro atoms. The van der Waals surface area contributed by atoms with Crippen LogP contribution in [-0.2, 0) is 14.6 Å². The van der Waals surface area contributed by atoms with Gasteiger partial charge in [-0.1, -0.05) is 0 Å². The van der Waals surface area contributed by atoms with Crippen LogP contribution < -0.4 is 5.32 Å². The van der Waals surface area contributed by atoms with Gasteiger partial charge in [0, 0.05) is 19.1 Å². The fourth-order valence-corrected chi connectivity index (χ4v) is 4.57. The molecule has 0 aromatic carbocycles. The lowest BCUT2D eigenvalue weighted by atomic mass is 9.91. The van der Waals surface area contributed by atoms with E-state index in [9.17, 15) is 18.3 Å². The Morgan fingerprint density at radius 1 is 1.19 bits per heavy atom. The Morgan fingerprint density at radius 2 is 1.90 bits per heavy atom. The van der Waals surface area contributed by atoms with E-state index < -0.39 is 21.3 Å². The highest BCUT2D eigenvalue weighted by atomic mass is 32.2. The lowest BCUT2D eigenvalue weighted by Gasteiger charge is -2.36. The minimum Gasteiger partial charge on any atom is -0.480 e. The minimum atomic E-state index is -2.95. The standard InChI is InChI=1S/C14H24N2O4S/c17-13(18)14(11-2-3-11,15-12-4-5-12)10-16-6-1-8-21(19,20)9-7-16/h11-12,15H,1-10H2,(H,17,18). The predicted molar refractivity (Wildman–Crippen MR) is 79.0 cm³/mol. The fraction of sp³-hybridized carbons (Fsp3) is 0.929. The van der Waals surface area contributed by atoms with Crippen molar-refractivity contribution >= 4 is 15.8 Å². The zero-order valence-electron chi connectivity index (χ0n) is 12.3. The van der Waals surface area contributed by atoms with Crippen molar-refractivity contribution in [2.45, 2.75) is 43.7 Å². The van der Waals surface area contributed by atoms with Crippen molar-refractivity contribution in [3.05, 3.63) is 0 Å². The Morgan fingerprint density at radius 3 is 2.48 bits per heavy atom. The topological polar surface area (TPSA) is 86.7 Å². The summed E-state index contributed by atoms with van der Waals surface area (Å²) in [5, 5.41) is 13.2. The van der Waals surface area contributed by atoms with Gasteiger partial charge in [0.15, 0.2) is 9.84 Å². The number of carbonyl (C=O) groups is 1. The van der Waals surface area contributed by atoms with Crippen LogP contribution in [0.25, 0.3) is 0 Å². The van der Waals surface area contributed by atoms with Crippen molar-refractivity contribution in [2.24, 2.45) is 5.92 Å². The van der Waals surface area contributed by atoms with E-state index in [-0.39, 0.29) is 17.4 Å². The molecule has 3 fully saturated rings. The SMILES string of the molecule is O=C(O)C(CN1CCCS(=O)(=O)CC1)(NC1CC1)C1CC1. The maximum absolute atomic E-state index is 11.9. The average molecular weight is 316 g/mol. The van der Waals surface area contributed by atoms with Crippen molar-refractivity contribution in [3.8, 4) is 0 Å². The Bertz CT molecular complexity index is 513. The van der Waals surface area contributed by atoms with Gasteiger partial charge in [-0.3, -0.25) is 15.0 Å². The first kappa shape index (κ1) is 15.2. The molecular weight excluding hydrogens is 292 g/mol. The van der Waals surface area contributed by atoms with Crippen LogP contribution in [0.5, 0.6) is 0 Å². The monoisotopic (exact) mass is 316 g/mol. The van der Waals surface area contributed by atoms with E-state index in [4.69, 9.17) is 0 Å². The smallest absolute Gasteiger partial charge is 0.325 e. The largest absolute Gasteiger partial charge is 0.480 e. The zero-order valence-corrected chi connectivity index (χ0v) is 13.1. The molecule has 6 nitrogen and oxygen atoms in total. The Hall–Kier alpha value is -0.660. The van der Waals surface area contributed by atoms with Gasteiger partial charge in [-0.05, 0) is 44.6 Å². The second-order valence-electron chi connectivity index (χ2n) is 6.75. The van der Waals surface area contributed by atoms with Gasteiger partial charge < -0.3 is 5.11 Å². The summed E-state index contributed by atoms with van der Waals surface area (Å²) in [6.07, 6.45) is 4.62. The van der Waals surface area contributed by atoms with Crippen LogP contribution in [0.15, 0.2) is 0 Å². The van der Waals surface area contributed by atoms with E-state index in [0.717, 1.165) is 25.7 Å². The summed E-state index contributed by atoms with van der Waals surface area (Å²) in [5.74, 6) is -0.209. The Balaban J connectivity index is 1.72. The van der Waals surface area contributed by atoms with Gasteiger partial charge in [0.05, 0.1) is 11.5 Å². The van der Waals surface area contributed by atoms with Gasteiger partial charge in [0.25, 0.3) is 0 Å². The highest BCUT2D eigenvalue weighted by Gasteiger charge is 2.54. The number of nitrogens with zero attached hydrogens (tertiary/aromatic N) is 1. The van der Waals surface area contributed by atoms with Crippen molar-refractivity contribution in [1.82, 2.24) is 10.2 Å². The number of nitrogens with one attached hydrogen (secondary N) is 1. The summed E-state index contributed by atoms with van der Waals surface area (Å²) in [4.78, 5) is 14.0. The van der Waals surface area contributed by atoms with Crippen molar-refractivity contribution < 1.29 is 18.3 Å². The average Bonchev–Trinajstić information content (AvgIpc) is 3.26. The molecule has 0 radical (unpaired) electrons. The molecule has 1 aliphatic heterocycles. The van der Waals surface area contributed by atoms with Crippen LogP contribution >= 0.6 is 0 Å². The number of carboxylic acid groups (broad SMARTS) is 1. The van der Waals surface area contributed by atoms with E-state index in [2.05, 4.69) is 5.32 Å². The Kier molecular flexibility index (Phi) is 4.00. The minimum absolute atomic E-state index is 0.150. The van der Waals surface area contributed by atoms with Crippen molar-refractivity contribution in [1.29, 1.82) is 0 Å². The molecule has 120 valence electrons. The quantitative estimate of drug-likeness (QED) is 0.722. The molecule has 1 atom stereocenters. The third-order valence-electron chi connectivity index (χ3n) is 4.82. The number of hydrogen-bond acceptors (Lipinski definition) is 5. The van der Waals surface area contributed by atoms with E-state index in [1.54, 1.807) is 0 Å². The number of rotatable bonds is 6. The van der Waals surface area contributed by atoms with Gasteiger partial charge in [-0.2, -0.15) is 0 Å². The number of aliphatic carboxylic acids is 1. The van der Waals surface area contributed by atoms with Crippen LogP contribution in [0.1, 0.15) is 32.1 Å². The molecule has 3 rings (SSSR count). The molecule has 0 amide bonds. The molecule has 2 saturated carbocycles. The van der Waals surface area contributed by atoms with Crippen LogP contribution in [0.4, 0.5) is 0 Å². The molecule has 3 aliphatic rings. The molecule has 0 aromatic rings. The second kappa shape index (κ2) is 5.52. The number of hydrogen-bond donors (Lipinski definition) is 2. The summed E-state index contributed by atoms with van der Waals surface area (Å²) in [6.45, 7) is 1.56. The molecule has 1 unspecified atom stereocenters. The van der Waals surface area contributed by atoms with Crippen LogP contribution in [0.3, 0.4) is 0 Å². The highest BCUT2D eigenvalue weighted by molar-refractivity contribution is 7.91. The molecule has 1 heterocycles. The van der Waals surface area contributed by atoms with E-state index >= 15 is 0 Å². The molecule has 0 aromatic heterocycles. The van der Waals surface area contributed by atoms with Gasteiger partial charge in [-0.25, -0.2) is 8.42 Å². The molecular formula is C14H24N2O4S. The molecule has 1 saturated heterocycles. The predicted octanol–water partition coefficient (Wildman–Crippen LogP) is 0.0923. The highest BCUT2D eigenvalue weighted by Crippen LogP contribution is 2.42. The summed E-state index contributed by atoms with van der Waals surface area (Å²) in [5.41, 5.74) is -0.880. The number of sulfone groups is 1. The van der Waals surface area contributed by atoms with Gasteiger partial charge in [0.2, 0.25) is 0 Å². The third kappa shape index (κ3) is 3.57. The Labute approximate surface area is 125 Å². The summed E-state index contributed by atoms with van der Waals surface area (Å²) < 4.78 is 23.4. The first-order valence-corrected chi connectivity index (χ1v) is 9.67. The molecule has 21 heavy (non-hydrogen) atoms. The first-order valence-electron chi connectivity index (χ1n) is 7.85. The zero-order chi connectivity index (χ0) is 15.1. The first-order chi connectivity index (χ1) is 9.91. The maximum Gasteiger partial charge on any atom is 0.325 e. The maximum atomic E-state index is 11.9. The van der Waals surface area contributed by atoms with Crippen LogP contribution in [-0.4, -0.2) is 67.1 Å². The third-order valence-corrected chi connectivity index (χ3v) is 6.53. The molecule has 0 bridgehead atoms. The van der Waals surface area contributed by atoms with Gasteiger partial charge in [0.1, 0.15) is 5.54 Å².